The van der Waals surface area contributed by atoms with Gasteiger partial charge in [-0.05, 0) is 24.3 Å². The van der Waals surface area contributed by atoms with Gasteiger partial charge in [0.15, 0.2) is 0 Å². The monoisotopic (exact) mass is 277 g/mol. The zero-order valence-electron chi connectivity index (χ0n) is 12.3. The number of hydrogen-bond acceptors (Lipinski definition) is 4. The van der Waals surface area contributed by atoms with Gasteiger partial charge in [0.2, 0.25) is 5.91 Å². The van der Waals surface area contributed by atoms with Crippen LogP contribution in [0.4, 0.5) is 5.69 Å². The quantitative estimate of drug-likeness (QED) is 0.870. The standard InChI is InChI=1S/C15H23N3O2/c1-17(2)15(19)7-12-20-14-5-3-13(4-6-14)18-10-8-16-9-11-18/h3-6,16H,7-12H2,1-2H3. The molecule has 5 heteroatoms. The Morgan fingerprint density at radius 1 is 1.25 bits per heavy atom. The van der Waals surface area contributed by atoms with Gasteiger partial charge < -0.3 is 19.9 Å². The van der Waals surface area contributed by atoms with Crippen LogP contribution in [0.15, 0.2) is 24.3 Å². The van der Waals surface area contributed by atoms with Crippen molar-refractivity contribution in [1.29, 1.82) is 0 Å². The van der Waals surface area contributed by atoms with Crippen molar-refractivity contribution in [3.05, 3.63) is 24.3 Å². The van der Waals surface area contributed by atoms with Crippen molar-refractivity contribution in [1.82, 2.24) is 10.2 Å². The molecule has 0 spiro atoms. The lowest BCUT2D eigenvalue weighted by molar-refractivity contribution is -0.129. The Kier molecular flexibility index (Phi) is 5.24. The second-order valence-electron chi connectivity index (χ2n) is 5.12. The fourth-order valence-corrected chi connectivity index (χ4v) is 2.16. The van der Waals surface area contributed by atoms with Gasteiger partial charge in [0, 0.05) is 46.0 Å². The normalized spacial score (nSPS) is 15.0. The fourth-order valence-electron chi connectivity index (χ4n) is 2.16. The molecule has 0 aliphatic carbocycles. The molecule has 110 valence electrons. The number of piperazine rings is 1. The number of benzene rings is 1. The molecule has 1 aliphatic heterocycles. The molecule has 0 unspecified atom stereocenters. The van der Waals surface area contributed by atoms with Crippen LogP contribution in [-0.2, 0) is 4.79 Å². The van der Waals surface area contributed by atoms with Gasteiger partial charge in [-0.1, -0.05) is 0 Å². The molecule has 2 rings (SSSR count). The highest BCUT2D eigenvalue weighted by atomic mass is 16.5. The van der Waals surface area contributed by atoms with Crippen molar-refractivity contribution in [2.75, 3.05) is 51.8 Å². The SMILES string of the molecule is CN(C)C(=O)CCOc1ccc(N2CCNCC2)cc1. The summed E-state index contributed by atoms with van der Waals surface area (Å²) in [6.07, 6.45) is 0.409. The molecule has 5 nitrogen and oxygen atoms in total. The Balaban J connectivity index is 1.80. The second kappa shape index (κ2) is 7.14. The number of ether oxygens (including phenoxy) is 1. The highest BCUT2D eigenvalue weighted by Crippen LogP contribution is 2.19. The molecule has 1 fully saturated rings. The number of carbonyl (C=O) groups excluding carboxylic acids is 1. The van der Waals surface area contributed by atoms with Crippen LogP contribution in [-0.4, -0.2) is 57.7 Å². The van der Waals surface area contributed by atoms with Gasteiger partial charge in [0.25, 0.3) is 0 Å². The number of amides is 1. The Morgan fingerprint density at radius 2 is 1.90 bits per heavy atom. The zero-order chi connectivity index (χ0) is 14.4. The predicted octanol–water partition coefficient (Wildman–Crippen LogP) is 0.953. The summed E-state index contributed by atoms with van der Waals surface area (Å²) in [4.78, 5) is 15.4. The molecular weight excluding hydrogens is 254 g/mol. The van der Waals surface area contributed by atoms with E-state index in [0.29, 0.717) is 13.0 Å². The molecule has 1 amide bonds. The lowest BCUT2D eigenvalue weighted by atomic mass is 10.2. The van der Waals surface area contributed by atoms with Gasteiger partial charge in [-0.15, -0.1) is 0 Å². The van der Waals surface area contributed by atoms with E-state index >= 15 is 0 Å². The largest absolute Gasteiger partial charge is 0.493 e. The van der Waals surface area contributed by atoms with E-state index in [0.717, 1.165) is 31.9 Å². The summed E-state index contributed by atoms with van der Waals surface area (Å²) in [6.45, 7) is 4.56. The Bertz CT molecular complexity index is 425. The molecule has 0 bridgehead atoms. The van der Waals surface area contributed by atoms with Crippen molar-refractivity contribution >= 4 is 11.6 Å². The summed E-state index contributed by atoms with van der Waals surface area (Å²) in [7, 11) is 3.51. The maximum absolute atomic E-state index is 11.4. The number of hydrogen-bond donors (Lipinski definition) is 1. The summed E-state index contributed by atoms with van der Waals surface area (Å²) < 4.78 is 5.59. The smallest absolute Gasteiger partial charge is 0.225 e. The third kappa shape index (κ3) is 4.13. The lowest BCUT2D eigenvalue weighted by Gasteiger charge is -2.29. The third-order valence-corrected chi connectivity index (χ3v) is 3.40. The molecule has 1 aliphatic rings. The number of nitrogens with zero attached hydrogens (tertiary/aromatic N) is 2. The minimum absolute atomic E-state index is 0.0856. The fraction of sp³-hybridized carbons (Fsp3) is 0.533. The maximum atomic E-state index is 11.4. The molecule has 1 aromatic rings. The van der Waals surface area contributed by atoms with E-state index in [1.165, 1.54) is 5.69 Å². The van der Waals surface area contributed by atoms with Gasteiger partial charge in [0.05, 0.1) is 13.0 Å². The van der Waals surface area contributed by atoms with Crippen LogP contribution in [0.1, 0.15) is 6.42 Å². The topological polar surface area (TPSA) is 44.8 Å². The number of carbonyl (C=O) groups is 1. The first-order chi connectivity index (χ1) is 9.66. The van der Waals surface area contributed by atoms with Gasteiger partial charge in [-0.3, -0.25) is 4.79 Å². The molecular formula is C15H23N3O2. The average molecular weight is 277 g/mol. The summed E-state index contributed by atoms with van der Waals surface area (Å²) in [6, 6.07) is 8.10. The number of rotatable bonds is 5. The molecule has 0 atom stereocenters. The van der Waals surface area contributed by atoms with Crippen LogP contribution < -0.4 is 15.0 Å². The van der Waals surface area contributed by atoms with Gasteiger partial charge >= 0.3 is 0 Å². The lowest BCUT2D eigenvalue weighted by Crippen LogP contribution is -2.43. The molecule has 0 aromatic heterocycles. The minimum Gasteiger partial charge on any atom is -0.493 e. The summed E-state index contributed by atoms with van der Waals surface area (Å²) in [5.74, 6) is 0.901. The van der Waals surface area contributed by atoms with Crippen LogP contribution in [0.2, 0.25) is 0 Å². The van der Waals surface area contributed by atoms with Gasteiger partial charge in [0.1, 0.15) is 5.75 Å². The summed E-state index contributed by atoms with van der Waals surface area (Å²) in [5, 5.41) is 3.34. The second-order valence-corrected chi connectivity index (χ2v) is 5.12. The van der Waals surface area contributed by atoms with E-state index in [-0.39, 0.29) is 5.91 Å². The molecule has 20 heavy (non-hydrogen) atoms. The van der Waals surface area contributed by atoms with Crippen LogP contribution in [0.3, 0.4) is 0 Å². The van der Waals surface area contributed by atoms with Crippen molar-refractivity contribution in [3.8, 4) is 5.75 Å². The summed E-state index contributed by atoms with van der Waals surface area (Å²) >= 11 is 0. The zero-order valence-corrected chi connectivity index (χ0v) is 12.3. The van der Waals surface area contributed by atoms with E-state index < -0.39 is 0 Å². The van der Waals surface area contributed by atoms with Crippen LogP contribution in [0.25, 0.3) is 0 Å². The van der Waals surface area contributed by atoms with E-state index in [1.807, 2.05) is 12.1 Å². The van der Waals surface area contributed by atoms with Crippen LogP contribution in [0, 0.1) is 0 Å². The van der Waals surface area contributed by atoms with Gasteiger partial charge in [-0.2, -0.15) is 0 Å². The molecule has 1 saturated heterocycles. The Hall–Kier alpha value is -1.75. The Labute approximate surface area is 120 Å². The first-order valence-corrected chi connectivity index (χ1v) is 7.05. The maximum Gasteiger partial charge on any atom is 0.225 e. The van der Waals surface area contributed by atoms with Crippen LogP contribution in [0.5, 0.6) is 5.75 Å². The van der Waals surface area contributed by atoms with E-state index in [2.05, 4.69) is 22.3 Å². The Morgan fingerprint density at radius 3 is 2.50 bits per heavy atom. The van der Waals surface area contributed by atoms with Crippen molar-refractivity contribution in [2.24, 2.45) is 0 Å². The molecule has 1 heterocycles. The minimum atomic E-state index is 0.0856. The predicted molar refractivity (Wildman–Crippen MR) is 80.3 cm³/mol. The van der Waals surface area contributed by atoms with Crippen molar-refractivity contribution < 1.29 is 9.53 Å². The van der Waals surface area contributed by atoms with E-state index in [1.54, 1.807) is 19.0 Å². The highest BCUT2D eigenvalue weighted by Gasteiger charge is 2.10. The van der Waals surface area contributed by atoms with E-state index in [9.17, 15) is 4.79 Å². The molecule has 1 aromatic carbocycles. The summed E-state index contributed by atoms with van der Waals surface area (Å²) in [5.41, 5.74) is 1.23. The van der Waals surface area contributed by atoms with E-state index in [4.69, 9.17) is 4.74 Å². The molecule has 1 N–H and O–H groups in total. The van der Waals surface area contributed by atoms with Crippen LogP contribution >= 0.6 is 0 Å². The molecule has 0 radical (unpaired) electrons. The van der Waals surface area contributed by atoms with Crippen molar-refractivity contribution in [3.63, 3.8) is 0 Å². The highest BCUT2D eigenvalue weighted by molar-refractivity contribution is 5.75. The third-order valence-electron chi connectivity index (χ3n) is 3.40. The molecule has 0 saturated carbocycles. The first kappa shape index (κ1) is 14.7. The number of anilines is 1. The first-order valence-electron chi connectivity index (χ1n) is 7.05. The number of nitrogens with one attached hydrogen (secondary N) is 1. The average Bonchev–Trinajstić information content (AvgIpc) is 2.48. The van der Waals surface area contributed by atoms with Gasteiger partial charge in [-0.25, -0.2) is 0 Å². The van der Waals surface area contributed by atoms with Crippen molar-refractivity contribution in [2.45, 2.75) is 6.42 Å².